The molecule has 1 heterocycles. The number of ether oxygens (including phenoxy) is 3. The molecule has 0 aromatic heterocycles. The van der Waals surface area contributed by atoms with E-state index in [1.54, 1.807) is 33.5 Å². The van der Waals surface area contributed by atoms with Crippen molar-refractivity contribution in [2.24, 2.45) is 0 Å². The molecule has 3 rings (SSSR count). The number of methoxy groups -OCH3 is 3. The predicted octanol–water partition coefficient (Wildman–Crippen LogP) is 3.64. The van der Waals surface area contributed by atoms with Crippen LogP contribution < -0.4 is 19.5 Å². The van der Waals surface area contributed by atoms with Gasteiger partial charge in [0.1, 0.15) is 0 Å². The zero-order chi connectivity index (χ0) is 17.3. The Kier molecular flexibility index (Phi) is 4.53. The quantitative estimate of drug-likeness (QED) is 0.897. The summed E-state index contributed by atoms with van der Waals surface area (Å²) in [6, 6.07) is 9.14. The average molecular weight is 348 g/mol. The number of carbonyl (C=O) groups is 1. The van der Waals surface area contributed by atoms with E-state index in [2.05, 4.69) is 5.32 Å². The number of nitrogens with one attached hydrogen (secondary N) is 1. The topological polar surface area (TPSA) is 56.8 Å². The normalized spacial score (nSPS) is 15.7. The first-order valence-corrected chi connectivity index (χ1v) is 7.85. The Labute approximate surface area is 145 Å². The second kappa shape index (κ2) is 6.61. The van der Waals surface area contributed by atoms with Gasteiger partial charge in [-0.3, -0.25) is 4.79 Å². The van der Waals surface area contributed by atoms with E-state index in [0.717, 1.165) is 16.8 Å². The monoisotopic (exact) mass is 347 g/mol. The lowest BCUT2D eigenvalue weighted by molar-refractivity contribution is -0.117. The van der Waals surface area contributed by atoms with E-state index in [-0.39, 0.29) is 11.8 Å². The Morgan fingerprint density at radius 1 is 1.04 bits per heavy atom. The van der Waals surface area contributed by atoms with Crippen LogP contribution >= 0.6 is 11.6 Å². The molecule has 0 saturated carbocycles. The summed E-state index contributed by atoms with van der Waals surface area (Å²) < 4.78 is 16.2. The Morgan fingerprint density at radius 2 is 1.79 bits per heavy atom. The highest BCUT2D eigenvalue weighted by molar-refractivity contribution is 6.31. The Bertz CT molecular complexity index is 791. The molecule has 5 nitrogen and oxygen atoms in total. The second-order valence-corrected chi connectivity index (χ2v) is 5.91. The molecule has 0 radical (unpaired) electrons. The van der Waals surface area contributed by atoms with Crippen LogP contribution in [0.15, 0.2) is 30.3 Å². The van der Waals surface area contributed by atoms with Crippen molar-refractivity contribution in [2.75, 3.05) is 26.6 Å². The van der Waals surface area contributed by atoms with Gasteiger partial charge in [-0.25, -0.2) is 0 Å². The van der Waals surface area contributed by atoms with Crippen LogP contribution in [0.1, 0.15) is 17.0 Å². The standard InChI is InChI=1S/C18H18ClNO4/c1-22-15-7-4-10(16(23-2)17(15)24-3)8-13-12-6-5-11(19)9-14(12)20-18(13)21/h4-7,9,13H,8H2,1-3H3,(H,20,21). The molecule has 1 amide bonds. The third-order valence-corrected chi connectivity index (χ3v) is 4.41. The molecular weight excluding hydrogens is 330 g/mol. The van der Waals surface area contributed by atoms with Crippen LogP contribution in [0.25, 0.3) is 0 Å². The molecule has 0 spiro atoms. The fraction of sp³-hybridized carbons (Fsp3) is 0.278. The summed E-state index contributed by atoms with van der Waals surface area (Å²) in [5, 5.41) is 3.47. The van der Waals surface area contributed by atoms with Gasteiger partial charge in [0, 0.05) is 10.7 Å². The number of amides is 1. The summed E-state index contributed by atoms with van der Waals surface area (Å²) in [6.45, 7) is 0. The molecule has 2 aromatic carbocycles. The molecule has 1 aliphatic heterocycles. The predicted molar refractivity (Wildman–Crippen MR) is 92.6 cm³/mol. The van der Waals surface area contributed by atoms with Gasteiger partial charge >= 0.3 is 0 Å². The number of fused-ring (bicyclic) bond motifs is 1. The van der Waals surface area contributed by atoms with Gasteiger partial charge in [0.25, 0.3) is 0 Å². The van der Waals surface area contributed by atoms with Crippen molar-refractivity contribution in [1.29, 1.82) is 0 Å². The molecule has 1 N–H and O–H groups in total. The highest BCUT2D eigenvalue weighted by Gasteiger charge is 2.32. The Hall–Kier alpha value is -2.40. The minimum Gasteiger partial charge on any atom is -0.493 e. The Morgan fingerprint density at radius 3 is 2.46 bits per heavy atom. The van der Waals surface area contributed by atoms with E-state index < -0.39 is 0 Å². The molecule has 0 saturated heterocycles. The van der Waals surface area contributed by atoms with Gasteiger partial charge < -0.3 is 19.5 Å². The summed E-state index contributed by atoms with van der Waals surface area (Å²) in [7, 11) is 4.70. The lowest BCUT2D eigenvalue weighted by Gasteiger charge is -2.17. The lowest BCUT2D eigenvalue weighted by Crippen LogP contribution is -2.15. The van der Waals surface area contributed by atoms with E-state index in [0.29, 0.717) is 28.7 Å². The van der Waals surface area contributed by atoms with Crippen LogP contribution in [0.2, 0.25) is 5.02 Å². The fourth-order valence-corrected chi connectivity index (χ4v) is 3.22. The molecule has 2 aromatic rings. The van der Waals surface area contributed by atoms with Crippen molar-refractivity contribution in [3.63, 3.8) is 0 Å². The molecule has 6 heteroatoms. The summed E-state index contributed by atoms with van der Waals surface area (Å²) in [5.74, 6) is 1.33. The summed E-state index contributed by atoms with van der Waals surface area (Å²) >= 11 is 6.00. The zero-order valence-electron chi connectivity index (χ0n) is 13.7. The highest BCUT2D eigenvalue weighted by atomic mass is 35.5. The van der Waals surface area contributed by atoms with Gasteiger partial charge in [-0.15, -0.1) is 0 Å². The van der Waals surface area contributed by atoms with Crippen molar-refractivity contribution in [1.82, 2.24) is 0 Å². The maximum Gasteiger partial charge on any atom is 0.232 e. The summed E-state index contributed by atoms with van der Waals surface area (Å²) in [5.41, 5.74) is 2.57. The average Bonchev–Trinajstić information content (AvgIpc) is 2.88. The van der Waals surface area contributed by atoms with Gasteiger partial charge in [-0.05, 0) is 35.7 Å². The molecule has 1 unspecified atom stereocenters. The number of benzene rings is 2. The maximum absolute atomic E-state index is 12.4. The minimum atomic E-state index is -0.302. The van der Waals surface area contributed by atoms with Crippen LogP contribution in [-0.4, -0.2) is 27.2 Å². The van der Waals surface area contributed by atoms with Gasteiger partial charge in [0.15, 0.2) is 11.5 Å². The molecule has 126 valence electrons. The van der Waals surface area contributed by atoms with Crippen molar-refractivity contribution in [3.05, 3.63) is 46.5 Å². The first-order chi connectivity index (χ1) is 11.6. The van der Waals surface area contributed by atoms with E-state index >= 15 is 0 Å². The molecule has 24 heavy (non-hydrogen) atoms. The molecule has 0 aliphatic carbocycles. The molecule has 1 aliphatic rings. The van der Waals surface area contributed by atoms with E-state index in [1.807, 2.05) is 18.2 Å². The first-order valence-electron chi connectivity index (χ1n) is 7.47. The second-order valence-electron chi connectivity index (χ2n) is 5.47. The molecule has 0 bridgehead atoms. The number of anilines is 1. The highest BCUT2D eigenvalue weighted by Crippen LogP contribution is 2.43. The van der Waals surface area contributed by atoms with Crippen molar-refractivity contribution >= 4 is 23.2 Å². The van der Waals surface area contributed by atoms with Gasteiger partial charge in [0.2, 0.25) is 11.7 Å². The maximum atomic E-state index is 12.4. The van der Waals surface area contributed by atoms with Crippen LogP contribution in [0.3, 0.4) is 0 Å². The van der Waals surface area contributed by atoms with Crippen molar-refractivity contribution in [3.8, 4) is 17.2 Å². The number of carbonyl (C=O) groups excluding carboxylic acids is 1. The summed E-state index contributed by atoms with van der Waals surface area (Å²) in [4.78, 5) is 12.4. The summed E-state index contributed by atoms with van der Waals surface area (Å²) in [6.07, 6.45) is 0.490. The van der Waals surface area contributed by atoms with Crippen LogP contribution in [0.4, 0.5) is 5.69 Å². The van der Waals surface area contributed by atoms with Crippen LogP contribution in [-0.2, 0) is 11.2 Å². The molecule has 0 fully saturated rings. The lowest BCUT2D eigenvalue weighted by atomic mass is 9.92. The molecule has 1 atom stereocenters. The van der Waals surface area contributed by atoms with Gasteiger partial charge in [0.05, 0.1) is 27.2 Å². The SMILES string of the molecule is COc1ccc(CC2C(=O)Nc3cc(Cl)ccc32)c(OC)c1OC. The van der Waals surface area contributed by atoms with E-state index in [9.17, 15) is 4.79 Å². The number of halogens is 1. The van der Waals surface area contributed by atoms with Crippen molar-refractivity contribution in [2.45, 2.75) is 12.3 Å². The van der Waals surface area contributed by atoms with Crippen LogP contribution in [0, 0.1) is 0 Å². The zero-order valence-corrected chi connectivity index (χ0v) is 14.4. The van der Waals surface area contributed by atoms with E-state index in [4.69, 9.17) is 25.8 Å². The number of rotatable bonds is 5. The molecular formula is C18H18ClNO4. The van der Waals surface area contributed by atoms with Gasteiger partial charge in [-0.1, -0.05) is 23.7 Å². The van der Waals surface area contributed by atoms with Crippen molar-refractivity contribution < 1.29 is 19.0 Å². The van der Waals surface area contributed by atoms with E-state index in [1.165, 1.54) is 0 Å². The third kappa shape index (κ3) is 2.76. The largest absolute Gasteiger partial charge is 0.493 e. The number of hydrogen-bond acceptors (Lipinski definition) is 4. The first kappa shape index (κ1) is 16.5. The number of hydrogen-bond donors (Lipinski definition) is 1. The third-order valence-electron chi connectivity index (χ3n) is 4.17. The minimum absolute atomic E-state index is 0.0518. The van der Waals surface area contributed by atoms with Gasteiger partial charge in [-0.2, -0.15) is 0 Å². The fourth-order valence-electron chi connectivity index (χ4n) is 3.05. The van der Waals surface area contributed by atoms with Crippen LogP contribution in [0.5, 0.6) is 17.2 Å². The Balaban J connectivity index is 1.99. The smallest absolute Gasteiger partial charge is 0.232 e.